The standard InChI is InChI=1S/C17H20N6O/c1-11-5-6-19-16(13(11)9-18)23-8-7-22(2)14(10-23)17-20-15(21-24-17)12-3-4-12/h5-6,12,14H,3-4,7-8,10H2,1-2H3/t14-/m1/s1. The lowest BCUT2D eigenvalue weighted by molar-refractivity contribution is 0.177. The molecule has 0 unspecified atom stereocenters. The molecule has 0 spiro atoms. The van der Waals surface area contributed by atoms with Crippen LogP contribution >= 0.6 is 0 Å². The maximum absolute atomic E-state index is 9.47. The lowest BCUT2D eigenvalue weighted by Crippen LogP contribution is -2.47. The first-order valence-electron chi connectivity index (χ1n) is 8.31. The molecule has 2 aliphatic rings. The molecule has 0 radical (unpaired) electrons. The van der Waals surface area contributed by atoms with Crippen molar-refractivity contribution in [3.8, 4) is 6.07 Å². The molecule has 1 saturated carbocycles. The normalized spacial score (nSPS) is 21.7. The number of hydrogen-bond donors (Lipinski definition) is 0. The Kier molecular flexibility index (Phi) is 3.69. The van der Waals surface area contributed by atoms with Gasteiger partial charge in [0, 0.05) is 31.7 Å². The molecule has 2 aromatic rings. The summed E-state index contributed by atoms with van der Waals surface area (Å²) >= 11 is 0. The van der Waals surface area contributed by atoms with Crippen LogP contribution in [0.4, 0.5) is 5.82 Å². The van der Waals surface area contributed by atoms with Crippen molar-refractivity contribution in [1.29, 1.82) is 5.26 Å². The van der Waals surface area contributed by atoms with Crippen molar-refractivity contribution in [2.45, 2.75) is 31.7 Å². The Balaban J connectivity index is 1.61. The van der Waals surface area contributed by atoms with Crippen molar-refractivity contribution in [2.75, 3.05) is 31.6 Å². The van der Waals surface area contributed by atoms with E-state index >= 15 is 0 Å². The van der Waals surface area contributed by atoms with Gasteiger partial charge in [0.2, 0.25) is 5.89 Å². The van der Waals surface area contributed by atoms with Gasteiger partial charge in [0.25, 0.3) is 0 Å². The average molecular weight is 324 g/mol. The number of rotatable bonds is 3. The Labute approximate surface area is 140 Å². The summed E-state index contributed by atoms with van der Waals surface area (Å²) in [6.07, 6.45) is 4.07. The first-order valence-corrected chi connectivity index (χ1v) is 8.31. The van der Waals surface area contributed by atoms with Gasteiger partial charge >= 0.3 is 0 Å². The number of likely N-dealkylation sites (N-methyl/N-ethyl adjacent to an activating group) is 1. The van der Waals surface area contributed by atoms with E-state index in [0.717, 1.165) is 43.1 Å². The number of aryl methyl sites for hydroxylation is 1. The minimum absolute atomic E-state index is 0.0209. The highest BCUT2D eigenvalue weighted by Crippen LogP contribution is 2.39. The molecule has 4 rings (SSSR count). The molecule has 0 bridgehead atoms. The number of piperazine rings is 1. The SMILES string of the molecule is Cc1ccnc(N2CCN(C)[C@@H](c3nc(C4CC4)no3)C2)c1C#N. The molecular weight excluding hydrogens is 304 g/mol. The summed E-state index contributed by atoms with van der Waals surface area (Å²) in [4.78, 5) is 13.4. The molecule has 0 N–H and O–H groups in total. The van der Waals surface area contributed by atoms with Gasteiger partial charge in [-0.25, -0.2) is 4.98 Å². The fraction of sp³-hybridized carbons (Fsp3) is 0.529. The van der Waals surface area contributed by atoms with Crippen molar-refractivity contribution >= 4 is 5.82 Å². The summed E-state index contributed by atoms with van der Waals surface area (Å²) in [7, 11) is 2.07. The van der Waals surface area contributed by atoms with Crippen molar-refractivity contribution in [2.24, 2.45) is 0 Å². The largest absolute Gasteiger partial charge is 0.352 e. The van der Waals surface area contributed by atoms with Crippen LogP contribution in [0.5, 0.6) is 0 Å². The van der Waals surface area contributed by atoms with Gasteiger partial charge in [-0.1, -0.05) is 5.16 Å². The van der Waals surface area contributed by atoms with Crippen molar-refractivity contribution < 1.29 is 4.52 Å². The fourth-order valence-electron chi connectivity index (χ4n) is 3.14. The highest BCUT2D eigenvalue weighted by molar-refractivity contribution is 5.57. The molecule has 7 heteroatoms. The molecule has 2 aromatic heterocycles. The number of nitrogens with zero attached hydrogens (tertiary/aromatic N) is 6. The van der Waals surface area contributed by atoms with Crippen LogP contribution in [0.1, 0.15) is 47.6 Å². The van der Waals surface area contributed by atoms with E-state index in [1.54, 1.807) is 6.20 Å². The monoisotopic (exact) mass is 324 g/mol. The quantitative estimate of drug-likeness (QED) is 0.854. The predicted molar refractivity (Wildman–Crippen MR) is 87.5 cm³/mol. The van der Waals surface area contributed by atoms with E-state index in [0.29, 0.717) is 23.9 Å². The predicted octanol–water partition coefficient (Wildman–Crippen LogP) is 2.02. The lowest BCUT2D eigenvalue weighted by Gasteiger charge is -2.38. The zero-order valence-corrected chi connectivity index (χ0v) is 13.9. The summed E-state index contributed by atoms with van der Waals surface area (Å²) in [6, 6.07) is 4.18. The van der Waals surface area contributed by atoms with Crippen molar-refractivity contribution in [3.63, 3.8) is 0 Å². The van der Waals surface area contributed by atoms with Crippen molar-refractivity contribution in [1.82, 2.24) is 20.0 Å². The van der Waals surface area contributed by atoms with E-state index in [9.17, 15) is 5.26 Å². The minimum Gasteiger partial charge on any atom is -0.352 e. The van der Waals surface area contributed by atoms with E-state index < -0.39 is 0 Å². The number of hydrogen-bond acceptors (Lipinski definition) is 7. The Bertz CT molecular complexity index is 791. The van der Waals surface area contributed by atoms with E-state index in [2.05, 4.69) is 38.0 Å². The summed E-state index contributed by atoms with van der Waals surface area (Å²) in [5.41, 5.74) is 1.59. The van der Waals surface area contributed by atoms with Crippen LogP contribution in [0.15, 0.2) is 16.8 Å². The van der Waals surface area contributed by atoms with Crippen molar-refractivity contribution in [3.05, 3.63) is 35.1 Å². The van der Waals surface area contributed by atoms with Gasteiger partial charge in [0.1, 0.15) is 17.9 Å². The third kappa shape index (κ3) is 2.63. The zero-order chi connectivity index (χ0) is 16.7. The fourth-order valence-corrected chi connectivity index (χ4v) is 3.14. The molecule has 3 heterocycles. The van der Waals surface area contributed by atoms with E-state index in [1.165, 1.54) is 0 Å². The van der Waals surface area contributed by atoms with Crippen LogP contribution < -0.4 is 4.90 Å². The first kappa shape index (κ1) is 15.1. The smallest absolute Gasteiger partial charge is 0.245 e. The highest BCUT2D eigenvalue weighted by atomic mass is 16.5. The molecule has 24 heavy (non-hydrogen) atoms. The molecule has 1 aliphatic carbocycles. The third-order valence-electron chi connectivity index (χ3n) is 4.88. The van der Waals surface area contributed by atoms with Crippen LogP contribution in [0.3, 0.4) is 0 Å². The van der Waals surface area contributed by atoms with E-state index in [4.69, 9.17) is 4.52 Å². The molecule has 2 fully saturated rings. The van der Waals surface area contributed by atoms with Gasteiger partial charge in [-0.2, -0.15) is 10.2 Å². The maximum atomic E-state index is 9.47. The zero-order valence-electron chi connectivity index (χ0n) is 13.9. The van der Waals surface area contributed by atoms with Crippen LogP contribution in [-0.2, 0) is 0 Å². The molecule has 1 saturated heterocycles. The molecule has 1 atom stereocenters. The number of nitriles is 1. The van der Waals surface area contributed by atoms with Gasteiger partial charge in [-0.15, -0.1) is 0 Å². The molecular formula is C17H20N6O. The van der Waals surface area contributed by atoms with Gasteiger partial charge in [0.15, 0.2) is 5.82 Å². The van der Waals surface area contributed by atoms with Gasteiger partial charge in [-0.3, -0.25) is 4.90 Å². The maximum Gasteiger partial charge on any atom is 0.245 e. The number of anilines is 1. The molecule has 1 aliphatic heterocycles. The van der Waals surface area contributed by atoms with Gasteiger partial charge in [0.05, 0.1) is 5.56 Å². The summed E-state index contributed by atoms with van der Waals surface area (Å²) < 4.78 is 5.53. The Hall–Kier alpha value is -2.46. The first-order chi connectivity index (χ1) is 11.7. The average Bonchev–Trinajstić information content (AvgIpc) is 3.33. The van der Waals surface area contributed by atoms with E-state index in [-0.39, 0.29) is 6.04 Å². The van der Waals surface area contributed by atoms with Crippen LogP contribution in [0.25, 0.3) is 0 Å². The van der Waals surface area contributed by atoms with Crippen LogP contribution in [-0.4, -0.2) is 46.7 Å². The molecule has 7 nitrogen and oxygen atoms in total. The molecule has 124 valence electrons. The summed E-state index contributed by atoms with van der Waals surface area (Å²) in [6.45, 7) is 4.30. The lowest BCUT2D eigenvalue weighted by atomic mass is 10.1. The topological polar surface area (TPSA) is 82.1 Å². The Morgan fingerprint density at radius 2 is 2.17 bits per heavy atom. The summed E-state index contributed by atoms with van der Waals surface area (Å²) in [5, 5.41) is 13.6. The second kappa shape index (κ2) is 5.87. The molecule has 0 amide bonds. The van der Waals surface area contributed by atoms with Crippen LogP contribution in [0, 0.1) is 18.3 Å². The third-order valence-corrected chi connectivity index (χ3v) is 4.88. The summed E-state index contributed by atoms with van der Waals surface area (Å²) in [5.74, 6) is 2.73. The van der Waals surface area contributed by atoms with E-state index in [1.807, 2.05) is 13.0 Å². The number of aromatic nitrogens is 3. The minimum atomic E-state index is 0.0209. The van der Waals surface area contributed by atoms with Gasteiger partial charge in [-0.05, 0) is 38.4 Å². The Morgan fingerprint density at radius 3 is 2.92 bits per heavy atom. The number of pyridine rings is 1. The highest BCUT2D eigenvalue weighted by Gasteiger charge is 2.34. The molecule has 0 aromatic carbocycles. The second-order valence-electron chi connectivity index (χ2n) is 6.65. The second-order valence-corrected chi connectivity index (χ2v) is 6.65. The Morgan fingerprint density at radius 1 is 1.33 bits per heavy atom. The van der Waals surface area contributed by atoms with Gasteiger partial charge < -0.3 is 9.42 Å². The van der Waals surface area contributed by atoms with Crippen LogP contribution in [0.2, 0.25) is 0 Å².